The Morgan fingerprint density at radius 2 is 1.71 bits per heavy atom. The number of amides is 4. The number of rotatable bonds is 5. The van der Waals surface area contributed by atoms with E-state index in [-0.39, 0.29) is 17.9 Å². The number of halogens is 1. The van der Waals surface area contributed by atoms with Crippen LogP contribution in [0.3, 0.4) is 0 Å². The summed E-state index contributed by atoms with van der Waals surface area (Å²) in [4.78, 5) is 38.8. The summed E-state index contributed by atoms with van der Waals surface area (Å²) in [6.07, 6.45) is 3.97. The van der Waals surface area contributed by atoms with Crippen LogP contribution >= 0.6 is 0 Å². The molecule has 31 heavy (non-hydrogen) atoms. The lowest BCUT2D eigenvalue weighted by Gasteiger charge is -2.26. The third-order valence-corrected chi connectivity index (χ3v) is 5.16. The molecule has 1 aromatic heterocycles. The van der Waals surface area contributed by atoms with Gasteiger partial charge in [0.2, 0.25) is 0 Å². The van der Waals surface area contributed by atoms with Gasteiger partial charge in [-0.3, -0.25) is 14.9 Å². The highest BCUT2D eigenvalue weighted by molar-refractivity contribution is 6.39. The molecule has 0 spiro atoms. The van der Waals surface area contributed by atoms with E-state index in [1.807, 2.05) is 19.1 Å². The standard InChI is InChI=1S/C24H20FN3O3/c1-2-16-9-11-18(12-10-16)28-23(30)20(22(29)26-24(28)31)14-19-7-5-13-27(19)15-17-6-3-4-8-21(17)25/h3-14H,2,15H2,1H3,(H,26,29,31)/b20-14-. The van der Waals surface area contributed by atoms with Gasteiger partial charge in [0.05, 0.1) is 12.2 Å². The molecular weight excluding hydrogens is 397 g/mol. The van der Waals surface area contributed by atoms with Crippen molar-refractivity contribution in [3.63, 3.8) is 0 Å². The number of nitrogens with zero attached hydrogens (tertiary/aromatic N) is 2. The van der Waals surface area contributed by atoms with E-state index in [1.165, 1.54) is 12.1 Å². The van der Waals surface area contributed by atoms with Crippen molar-refractivity contribution >= 4 is 29.6 Å². The molecule has 0 aliphatic carbocycles. The number of carbonyl (C=O) groups is 3. The molecule has 0 unspecified atom stereocenters. The molecule has 7 heteroatoms. The van der Waals surface area contributed by atoms with Gasteiger partial charge in [-0.1, -0.05) is 37.3 Å². The Hall–Kier alpha value is -4.00. The zero-order valence-corrected chi connectivity index (χ0v) is 16.8. The maximum Gasteiger partial charge on any atom is 0.335 e. The molecule has 4 rings (SSSR count). The summed E-state index contributed by atoms with van der Waals surface area (Å²) in [5.41, 5.74) is 2.28. The zero-order valence-electron chi connectivity index (χ0n) is 16.8. The second-order valence-electron chi connectivity index (χ2n) is 7.13. The van der Waals surface area contributed by atoms with Gasteiger partial charge in [0.25, 0.3) is 11.8 Å². The van der Waals surface area contributed by atoms with E-state index >= 15 is 0 Å². The Balaban J connectivity index is 1.66. The number of nitrogens with one attached hydrogen (secondary N) is 1. The molecule has 1 aliphatic heterocycles. The van der Waals surface area contributed by atoms with Gasteiger partial charge in [0.15, 0.2) is 0 Å². The van der Waals surface area contributed by atoms with Crippen LogP contribution in [0.5, 0.6) is 0 Å². The molecule has 1 fully saturated rings. The lowest BCUT2D eigenvalue weighted by molar-refractivity contribution is -0.122. The van der Waals surface area contributed by atoms with Crippen LogP contribution in [-0.2, 0) is 22.6 Å². The predicted octanol–water partition coefficient (Wildman–Crippen LogP) is 3.90. The van der Waals surface area contributed by atoms with E-state index in [9.17, 15) is 18.8 Å². The van der Waals surface area contributed by atoms with Crippen molar-refractivity contribution in [2.45, 2.75) is 19.9 Å². The van der Waals surface area contributed by atoms with Gasteiger partial charge < -0.3 is 4.57 Å². The molecule has 1 saturated heterocycles. The second kappa shape index (κ2) is 8.39. The molecule has 6 nitrogen and oxygen atoms in total. The van der Waals surface area contributed by atoms with Crippen molar-refractivity contribution < 1.29 is 18.8 Å². The summed E-state index contributed by atoms with van der Waals surface area (Å²) in [7, 11) is 0. The smallest absolute Gasteiger partial charge is 0.335 e. The summed E-state index contributed by atoms with van der Waals surface area (Å²) in [5.74, 6) is -1.82. The molecular formula is C24H20FN3O3. The maximum atomic E-state index is 14.0. The molecule has 156 valence electrons. The molecule has 2 heterocycles. The highest BCUT2D eigenvalue weighted by atomic mass is 19.1. The Morgan fingerprint density at radius 3 is 2.42 bits per heavy atom. The highest BCUT2D eigenvalue weighted by Crippen LogP contribution is 2.23. The summed E-state index contributed by atoms with van der Waals surface area (Å²) in [6, 6.07) is 16.1. The van der Waals surface area contributed by atoms with Gasteiger partial charge in [-0.25, -0.2) is 14.1 Å². The number of hydrogen-bond acceptors (Lipinski definition) is 3. The first-order valence-corrected chi connectivity index (χ1v) is 9.87. The second-order valence-corrected chi connectivity index (χ2v) is 7.13. The van der Waals surface area contributed by atoms with Crippen LogP contribution in [0.1, 0.15) is 23.7 Å². The van der Waals surface area contributed by atoms with Crippen LogP contribution in [0.4, 0.5) is 14.9 Å². The molecule has 1 aliphatic rings. The first-order valence-electron chi connectivity index (χ1n) is 9.87. The van der Waals surface area contributed by atoms with Gasteiger partial charge >= 0.3 is 6.03 Å². The van der Waals surface area contributed by atoms with Crippen LogP contribution in [0, 0.1) is 5.82 Å². The third kappa shape index (κ3) is 4.02. The summed E-state index contributed by atoms with van der Waals surface area (Å²) in [6.45, 7) is 2.24. The largest absolute Gasteiger partial charge is 0.343 e. The molecule has 2 aromatic carbocycles. The van der Waals surface area contributed by atoms with Crippen molar-refractivity contribution in [1.82, 2.24) is 9.88 Å². The molecule has 0 atom stereocenters. The Bertz CT molecular complexity index is 1190. The monoisotopic (exact) mass is 417 g/mol. The normalized spacial score (nSPS) is 15.5. The minimum Gasteiger partial charge on any atom is -0.343 e. The van der Waals surface area contributed by atoms with Crippen LogP contribution in [0.15, 0.2) is 72.4 Å². The van der Waals surface area contributed by atoms with Crippen molar-refractivity contribution in [2.24, 2.45) is 0 Å². The number of hydrogen-bond donors (Lipinski definition) is 1. The Morgan fingerprint density at radius 1 is 0.968 bits per heavy atom. The van der Waals surface area contributed by atoms with E-state index in [0.717, 1.165) is 16.9 Å². The van der Waals surface area contributed by atoms with Gasteiger partial charge in [0.1, 0.15) is 11.4 Å². The van der Waals surface area contributed by atoms with E-state index in [1.54, 1.807) is 53.2 Å². The van der Waals surface area contributed by atoms with Gasteiger partial charge in [-0.2, -0.15) is 0 Å². The first-order chi connectivity index (χ1) is 15.0. The SMILES string of the molecule is CCc1ccc(N2C(=O)NC(=O)/C(=C/c3cccn3Cc3ccccc3F)C2=O)cc1. The van der Waals surface area contributed by atoms with E-state index in [2.05, 4.69) is 5.32 Å². The number of aromatic nitrogens is 1. The topological polar surface area (TPSA) is 71.4 Å². The average Bonchev–Trinajstić information content (AvgIpc) is 3.20. The van der Waals surface area contributed by atoms with E-state index in [4.69, 9.17) is 0 Å². The zero-order chi connectivity index (χ0) is 22.0. The fourth-order valence-electron chi connectivity index (χ4n) is 3.43. The van der Waals surface area contributed by atoms with Crippen LogP contribution in [-0.4, -0.2) is 22.4 Å². The van der Waals surface area contributed by atoms with Gasteiger partial charge in [-0.15, -0.1) is 0 Å². The fraction of sp³-hybridized carbons (Fsp3) is 0.125. The fourth-order valence-corrected chi connectivity index (χ4v) is 3.43. The first kappa shape index (κ1) is 20.3. The van der Waals surface area contributed by atoms with E-state index < -0.39 is 17.8 Å². The minimum absolute atomic E-state index is 0.173. The number of imide groups is 2. The van der Waals surface area contributed by atoms with Gasteiger partial charge in [-0.05, 0) is 48.4 Å². The number of urea groups is 1. The molecule has 0 bridgehead atoms. The van der Waals surface area contributed by atoms with Crippen molar-refractivity contribution in [1.29, 1.82) is 0 Å². The predicted molar refractivity (Wildman–Crippen MR) is 115 cm³/mol. The summed E-state index contributed by atoms with van der Waals surface area (Å²) in [5, 5.41) is 2.22. The number of barbiturate groups is 1. The Kier molecular flexibility index (Phi) is 5.49. The molecule has 4 amide bonds. The number of carbonyl (C=O) groups excluding carboxylic acids is 3. The minimum atomic E-state index is -0.793. The summed E-state index contributed by atoms with van der Waals surface area (Å²) >= 11 is 0. The van der Waals surface area contributed by atoms with Crippen LogP contribution in [0.2, 0.25) is 0 Å². The lowest BCUT2D eigenvalue weighted by atomic mass is 10.1. The average molecular weight is 417 g/mol. The quantitative estimate of drug-likeness (QED) is 0.506. The maximum absolute atomic E-state index is 14.0. The lowest BCUT2D eigenvalue weighted by Crippen LogP contribution is -2.54. The van der Waals surface area contributed by atoms with E-state index in [0.29, 0.717) is 16.9 Å². The third-order valence-electron chi connectivity index (χ3n) is 5.16. The molecule has 0 saturated carbocycles. The number of aryl methyl sites for hydroxylation is 1. The Labute approximate surface area is 178 Å². The van der Waals surface area contributed by atoms with Crippen LogP contribution in [0.25, 0.3) is 6.08 Å². The van der Waals surface area contributed by atoms with Gasteiger partial charge in [0, 0.05) is 17.5 Å². The number of anilines is 1. The number of benzene rings is 2. The van der Waals surface area contributed by atoms with Crippen molar-refractivity contribution in [3.05, 3.63) is 95.1 Å². The van der Waals surface area contributed by atoms with Crippen molar-refractivity contribution in [3.8, 4) is 0 Å². The summed E-state index contributed by atoms with van der Waals surface area (Å²) < 4.78 is 15.8. The molecule has 0 radical (unpaired) electrons. The van der Waals surface area contributed by atoms with Crippen molar-refractivity contribution in [2.75, 3.05) is 4.90 Å². The highest BCUT2D eigenvalue weighted by Gasteiger charge is 2.36. The molecule has 3 aromatic rings. The van der Waals surface area contributed by atoms with Crippen LogP contribution < -0.4 is 10.2 Å². The molecule has 1 N–H and O–H groups in total.